The molecule has 1 aromatic carbocycles. The van der Waals surface area contributed by atoms with Crippen molar-refractivity contribution in [3.05, 3.63) is 27.1 Å². The first-order valence-corrected chi connectivity index (χ1v) is 9.37. The molecule has 0 aromatic heterocycles. The highest BCUT2D eigenvalue weighted by molar-refractivity contribution is 9.10. The van der Waals surface area contributed by atoms with Gasteiger partial charge in [-0.05, 0) is 58.4 Å². The zero-order valence-electron chi connectivity index (χ0n) is 14.6. The maximum atomic E-state index is 12.3. The van der Waals surface area contributed by atoms with Gasteiger partial charge in [0.15, 0.2) is 18.1 Å². The van der Waals surface area contributed by atoms with Crippen molar-refractivity contribution in [2.24, 2.45) is 0 Å². The molecule has 1 saturated heterocycles. The second-order valence-corrected chi connectivity index (χ2v) is 6.95. The van der Waals surface area contributed by atoms with Gasteiger partial charge in [0, 0.05) is 0 Å². The molecule has 1 aromatic rings. The van der Waals surface area contributed by atoms with Crippen molar-refractivity contribution in [1.82, 2.24) is 4.90 Å². The molecule has 0 bridgehead atoms. The Kier molecular flexibility index (Phi) is 7.33. The van der Waals surface area contributed by atoms with Gasteiger partial charge in [0.2, 0.25) is 0 Å². The fraction of sp³-hybridized carbons (Fsp3) is 0.278. The van der Waals surface area contributed by atoms with Crippen LogP contribution in [0.15, 0.2) is 21.5 Å². The summed E-state index contributed by atoms with van der Waals surface area (Å²) < 4.78 is 16.1. The number of imide groups is 1. The maximum absolute atomic E-state index is 12.3. The number of hydrogen-bond acceptors (Lipinski definition) is 7. The first-order chi connectivity index (χ1) is 12.9. The van der Waals surface area contributed by atoms with E-state index in [4.69, 9.17) is 20.6 Å². The van der Waals surface area contributed by atoms with E-state index in [1.165, 1.54) is 7.11 Å². The van der Waals surface area contributed by atoms with E-state index in [9.17, 15) is 14.4 Å². The number of terminal acetylenes is 1. The van der Waals surface area contributed by atoms with E-state index in [0.717, 1.165) is 16.7 Å². The third-order valence-electron chi connectivity index (χ3n) is 3.31. The molecule has 9 heteroatoms. The molecule has 1 fully saturated rings. The van der Waals surface area contributed by atoms with E-state index >= 15 is 0 Å². The second kappa shape index (κ2) is 9.48. The van der Waals surface area contributed by atoms with Gasteiger partial charge >= 0.3 is 5.97 Å². The van der Waals surface area contributed by atoms with Crippen molar-refractivity contribution >= 4 is 50.9 Å². The van der Waals surface area contributed by atoms with Crippen molar-refractivity contribution in [2.45, 2.75) is 6.92 Å². The fourth-order valence-corrected chi connectivity index (χ4v) is 3.59. The van der Waals surface area contributed by atoms with E-state index in [-0.39, 0.29) is 24.7 Å². The average molecular weight is 454 g/mol. The first-order valence-electron chi connectivity index (χ1n) is 7.76. The lowest BCUT2D eigenvalue weighted by Gasteiger charge is -2.13. The summed E-state index contributed by atoms with van der Waals surface area (Å²) in [6.07, 6.45) is 6.74. The van der Waals surface area contributed by atoms with E-state index in [1.54, 1.807) is 25.1 Å². The summed E-state index contributed by atoms with van der Waals surface area (Å²) in [6, 6.07) is 3.30. The Labute approximate surface area is 169 Å². The Morgan fingerprint density at radius 3 is 2.78 bits per heavy atom. The number of methoxy groups -OCH3 is 1. The molecule has 0 spiro atoms. The number of thioether (sulfide) groups is 1. The third-order valence-corrected chi connectivity index (χ3v) is 4.81. The third kappa shape index (κ3) is 5.05. The number of carbonyl (C=O) groups excluding carboxylic acids is 3. The zero-order valence-corrected chi connectivity index (χ0v) is 17.0. The van der Waals surface area contributed by atoms with Gasteiger partial charge in [-0.3, -0.25) is 14.5 Å². The highest BCUT2D eigenvalue weighted by Crippen LogP contribution is 2.39. The number of ether oxygens (including phenoxy) is 3. The summed E-state index contributed by atoms with van der Waals surface area (Å²) in [5.74, 6) is 2.01. The minimum atomic E-state index is -0.502. The van der Waals surface area contributed by atoms with E-state index in [2.05, 4.69) is 21.9 Å². The van der Waals surface area contributed by atoms with Crippen molar-refractivity contribution in [1.29, 1.82) is 0 Å². The topological polar surface area (TPSA) is 82.1 Å². The van der Waals surface area contributed by atoms with Crippen LogP contribution >= 0.6 is 27.7 Å². The van der Waals surface area contributed by atoms with Gasteiger partial charge in [-0.2, -0.15) is 0 Å². The fourth-order valence-electron chi connectivity index (χ4n) is 2.18. The molecule has 0 radical (unpaired) electrons. The van der Waals surface area contributed by atoms with E-state index < -0.39 is 17.1 Å². The molecule has 0 atom stereocenters. The summed E-state index contributed by atoms with van der Waals surface area (Å²) in [5.41, 5.74) is 0.605. The molecule has 1 aliphatic heterocycles. The quantitative estimate of drug-likeness (QED) is 0.356. The van der Waals surface area contributed by atoms with Crippen LogP contribution in [0.5, 0.6) is 11.5 Å². The summed E-state index contributed by atoms with van der Waals surface area (Å²) in [7, 11) is 1.45. The number of esters is 1. The molecule has 2 rings (SSSR count). The number of rotatable bonds is 7. The largest absolute Gasteiger partial charge is 0.493 e. The van der Waals surface area contributed by atoms with Crippen molar-refractivity contribution < 1.29 is 28.6 Å². The second-order valence-electron chi connectivity index (χ2n) is 5.10. The van der Waals surface area contributed by atoms with Gasteiger partial charge in [-0.15, -0.1) is 6.42 Å². The van der Waals surface area contributed by atoms with Crippen molar-refractivity contribution in [3.63, 3.8) is 0 Å². The normalized spacial score (nSPS) is 15.0. The van der Waals surface area contributed by atoms with Crippen molar-refractivity contribution in [2.75, 3.05) is 26.9 Å². The minimum absolute atomic E-state index is 0.0738. The summed E-state index contributed by atoms with van der Waals surface area (Å²) in [5, 5.41) is -0.412. The standard InChI is InChI=1S/C18H16BrNO6S/c1-4-6-20-17(22)14(27-18(20)23)9-11-7-12(19)16(13(8-11)24-3)26-10-15(21)25-5-2/h1,7-9H,5-6,10H2,2-3H3/b14-9+. The number of carbonyl (C=O) groups is 3. The SMILES string of the molecule is C#CCN1C(=O)S/C(=C/c2cc(Br)c(OCC(=O)OCC)c(OC)c2)C1=O. The van der Waals surface area contributed by atoms with Gasteiger partial charge < -0.3 is 14.2 Å². The molecule has 0 unspecified atom stereocenters. The van der Waals surface area contributed by atoms with Crippen LogP contribution in [0.1, 0.15) is 12.5 Å². The van der Waals surface area contributed by atoms with Crippen LogP contribution in [-0.2, 0) is 14.3 Å². The molecular weight excluding hydrogens is 438 g/mol. The molecule has 1 heterocycles. The molecule has 142 valence electrons. The Morgan fingerprint density at radius 1 is 1.41 bits per heavy atom. The number of benzene rings is 1. The molecule has 0 saturated carbocycles. The summed E-state index contributed by atoms with van der Waals surface area (Å²) in [4.78, 5) is 36.8. The number of amides is 2. The van der Waals surface area contributed by atoms with Gasteiger partial charge in [0.05, 0.1) is 29.6 Å². The summed E-state index contributed by atoms with van der Waals surface area (Å²) in [6.45, 7) is 1.62. The predicted molar refractivity (Wildman–Crippen MR) is 104 cm³/mol. The lowest BCUT2D eigenvalue weighted by molar-refractivity contribution is -0.145. The van der Waals surface area contributed by atoms with Crippen molar-refractivity contribution in [3.8, 4) is 23.8 Å². The van der Waals surface area contributed by atoms with Gasteiger partial charge in [0.25, 0.3) is 11.1 Å². The highest BCUT2D eigenvalue weighted by Gasteiger charge is 2.34. The molecule has 0 aliphatic carbocycles. The van der Waals surface area contributed by atoms with Gasteiger partial charge in [-0.1, -0.05) is 5.92 Å². The smallest absolute Gasteiger partial charge is 0.344 e. The molecule has 1 aliphatic rings. The van der Waals surface area contributed by atoms with Crippen LogP contribution in [0, 0.1) is 12.3 Å². The number of halogens is 1. The first kappa shape index (κ1) is 20.9. The molecule has 7 nitrogen and oxygen atoms in total. The lowest BCUT2D eigenvalue weighted by Crippen LogP contribution is -2.28. The highest BCUT2D eigenvalue weighted by atomic mass is 79.9. The van der Waals surface area contributed by atoms with Crippen LogP contribution in [0.25, 0.3) is 6.08 Å². The maximum Gasteiger partial charge on any atom is 0.344 e. The van der Waals surface area contributed by atoms with Crippen LogP contribution in [0.2, 0.25) is 0 Å². The number of hydrogen-bond donors (Lipinski definition) is 0. The van der Waals surface area contributed by atoms with E-state index in [1.807, 2.05) is 0 Å². The Balaban J connectivity index is 2.26. The van der Waals surface area contributed by atoms with Gasteiger partial charge in [0.1, 0.15) is 0 Å². The Morgan fingerprint density at radius 2 is 2.15 bits per heavy atom. The predicted octanol–water partition coefficient (Wildman–Crippen LogP) is 3.07. The minimum Gasteiger partial charge on any atom is -0.493 e. The zero-order chi connectivity index (χ0) is 20.0. The molecule has 0 N–H and O–H groups in total. The summed E-state index contributed by atoms with van der Waals surface area (Å²) >= 11 is 4.17. The van der Waals surface area contributed by atoms with Crippen LogP contribution in [0.3, 0.4) is 0 Å². The van der Waals surface area contributed by atoms with Crippen LogP contribution in [-0.4, -0.2) is 48.9 Å². The number of nitrogens with zero attached hydrogens (tertiary/aromatic N) is 1. The Bertz CT molecular complexity index is 845. The molecule has 2 amide bonds. The average Bonchev–Trinajstić information content (AvgIpc) is 2.88. The molecule has 27 heavy (non-hydrogen) atoms. The Hall–Kier alpha value is -2.44. The lowest BCUT2D eigenvalue weighted by atomic mass is 10.2. The van der Waals surface area contributed by atoms with Gasteiger partial charge in [-0.25, -0.2) is 4.79 Å². The molecular formula is C18H16BrNO6S. The van der Waals surface area contributed by atoms with Crippen LogP contribution in [0.4, 0.5) is 4.79 Å². The van der Waals surface area contributed by atoms with E-state index in [0.29, 0.717) is 21.5 Å². The van der Waals surface area contributed by atoms with Crippen LogP contribution < -0.4 is 9.47 Å². The monoisotopic (exact) mass is 453 g/mol.